The van der Waals surface area contributed by atoms with Crippen molar-refractivity contribution in [3.8, 4) is 12.3 Å². The third-order valence-electron chi connectivity index (χ3n) is 3.11. The average molecular weight is 245 g/mol. The summed E-state index contributed by atoms with van der Waals surface area (Å²) in [7, 11) is 0. The number of nitrogens with one attached hydrogen (secondary N) is 1. The van der Waals surface area contributed by atoms with Gasteiger partial charge >= 0.3 is 0 Å². The van der Waals surface area contributed by atoms with Crippen molar-refractivity contribution in [3.63, 3.8) is 0 Å². The fourth-order valence-electron chi connectivity index (χ4n) is 2.18. The van der Waals surface area contributed by atoms with Crippen LogP contribution in [0, 0.1) is 12.3 Å². The normalized spacial score (nSPS) is 18.4. The number of thioether (sulfide) groups is 1. The summed E-state index contributed by atoms with van der Waals surface area (Å²) in [5.74, 6) is 5.03. The van der Waals surface area contributed by atoms with Gasteiger partial charge in [-0.05, 0) is 30.5 Å². The quantitative estimate of drug-likeness (QED) is 0.630. The first-order chi connectivity index (χ1) is 8.42. The van der Waals surface area contributed by atoms with E-state index in [1.165, 1.54) is 23.3 Å². The highest BCUT2D eigenvalue weighted by molar-refractivity contribution is 7.98. The largest absolute Gasteiger partial charge is 0.309 e. The fraction of sp³-hybridized carbons (Fsp3) is 0.467. The van der Waals surface area contributed by atoms with Crippen molar-refractivity contribution < 1.29 is 0 Å². The van der Waals surface area contributed by atoms with Gasteiger partial charge in [-0.15, -0.1) is 12.3 Å². The SMILES string of the molecule is C#CCCCCNC1CSCc2ccccc21. The van der Waals surface area contributed by atoms with Crippen LogP contribution in [0.4, 0.5) is 0 Å². The van der Waals surface area contributed by atoms with Gasteiger partial charge < -0.3 is 5.32 Å². The Morgan fingerprint density at radius 1 is 1.35 bits per heavy atom. The first-order valence-electron chi connectivity index (χ1n) is 6.24. The van der Waals surface area contributed by atoms with Crippen molar-refractivity contribution in [1.29, 1.82) is 0 Å². The van der Waals surface area contributed by atoms with Gasteiger partial charge in [0.2, 0.25) is 0 Å². The van der Waals surface area contributed by atoms with E-state index in [0.717, 1.165) is 25.1 Å². The molecule has 2 heteroatoms. The monoisotopic (exact) mass is 245 g/mol. The highest BCUT2D eigenvalue weighted by Gasteiger charge is 2.18. The molecule has 1 nitrogen and oxygen atoms in total. The number of rotatable bonds is 5. The number of benzene rings is 1. The molecule has 1 heterocycles. The average Bonchev–Trinajstić information content (AvgIpc) is 2.39. The Hall–Kier alpha value is -0.910. The summed E-state index contributed by atoms with van der Waals surface area (Å²) >= 11 is 2.02. The second-order valence-corrected chi connectivity index (χ2v) is 5.41. The minimum Gasteiger partial charge on any atom is -0.309 e. The molecular weight excluding hydrogens is 226 g/mol. The third-order valence-corrected chi connectivity index (χ3v) is 4.20. The highest BCUT2D eigenvalue weighted by atomic mass is 32.2. The molecule has 0 fully saturated rings. The van der Waals surface area contributed by atoms with Crippen molar-refractivity contribution in [2.45, 2.75) is 31.1 Å². The van der Waals surface area contributed by atoms with Crippen LogP contribution in [0.5, 0.6) is 0 Å². The van der Waals surface area contributed by atoms with Gasteiger partial charge in [0.15, 0.2) is 0 Å². The zero-order valence-electron chi connectivity index (χ0n) is 10.1. The first-order valence-corrected chi connectivity index (χ1v) is 7.39. The third kappa shape index (κ3) is 3.52. The zero-order chi connectivity index (χ0) is 11.9. The Labute approximate surface area is 108 Å². The van der Waals surface area contributed by atoms with E-state index in [-0.39, 0.29) is 0 Å². The van der Waals surface area contributed by atoms with Crippen molar-refractivity contribution >= 4 is 11.8 Å². The zero-order valence-corrected chi connectivity index (χ0v) is 10.9. The van der Waals surface area contributed by atoms with E-state index in [1.54, 1.807) is 0 Å². The molecule has 2 rings (SSSR count). The molecule has 0 amide bonds. The maximum Gasteiger partial charge on any atom is 0.0415 e. The Morgan fingerprint density at radius 3 is 3.12 bits per heavy atom. The fourth-order valence-corrected chi connectivity index (χ4v) is 3.31. The van der Waals surface area contributed by atoms with Crippen LogP contribution in [-0.4, -0.2) is 12.3 Å². The summed E-state index contributed by atoms with van der Waals surface area (Å²) in [5, 5.41) is 3.65. The van der Waals surface area contributed by atoms with Crippen LogP contribution in [0.15, 0.2) is 24.3 Å². The topological polar surface area (TPSA) is 12.0 Å². The molecule has 0 aromatic heterocycles. The lowest BCUT2D eigenvalue weighted by Gasteiger charge is -2.26. The van der Waals surface area contributed by atoms with Crippen LogP contribution >= 0.6 is 11.8 Å². The number of hydrogen-bond acceptors (Lipinski definition) is 2. The van der Waals surface area contributed by atoms with E-state index in [1.807, 2.05) is 11.8 Å². The van der Waals surface area contributed by atoms with Crippen LogP contribution in [0.2, 0.25) is 0 Å². The Kier molecular flexibility index (Phi) is 4.97. The Bertz CT molecular complexity index is 394. The van der Waals surface area contributed by atoms with E-state index in [0.29, 0.717) is 6.04 Å². The Morgan fingerprint density at radius 2 is 2.24 bits per heavy atom. The molecule has 1 atom stereocenters. The minimum absolute atomic E-state index is 0.524. The molecule has 17 heavy (non-hydrogen) atoms. The van der Waals surface area contributed by atoms with Crippen molar-refractivity contribution in [2.75, 3.05) is 12.3 Å². The van der Waals surface area contributed by atoms with Gasteiger partial charge in [-0.3, -0.25) is 0 Å². The maximum atomic E-state index is 5.24. The van der Waals surface area contributed by atoms with Crippen molar-refractivity contribution in [2.24, 2.45) is 0 Å². The lowest BCUT2D eigenvalue weighted by molar-refractivity contribution is 0.550. The van der Waals surface area contributed by atoms with E-state index in [4.69, 9.17) is 6.42 Å². The summed E-state index contributed by atoms with van der Waals surface area (Å²) in [6.07, 6.45) is 8.45. The molecule has 0 saturated carbocycles. The summed E-state index contributed by atoms with van der Waals surface area (Å²) in [4.78, 5) is 0. The summed E-state index contributed by atoms with van der Waals surface area (Å²) in [6.45, 7) is 1.07. The molecule has 1 unspecified atom stereocenters. The lowest BCUT2D eigenvalue weighted by atomic mass is 10.0. The molecule has 0 saturated heterocycles. The van der Waals surface area contributed by atoms with Gasteiger partial charge in [0.25, 0.3) is 0 Å². The second kappa shape index (κ2) is 6.74. The number of unbranched alkanes of at least 4 members (excludes halogenated alkanes) is 2. The van der Waals surface area contributed by atoms with Gasteiger partial charge in [0.1, 0.15) is 0 Å². The number of fused-ring (bicyclic) bond motifs is 1. The van der Waals surface area contributed by atoms with Crippen molar-refractivity contribution in [1.82, 2.24) is 5.32 Å². The number of terminal acetylenes is 1. The molecule has 1 aliphatic heterocycles. The smallest absolute Gasteiger partial charge is 0.0415 e. The molecule has 0 bridgehead atoms. The summed E-state index contributed by atoms with van der Waals surface area (Å²) < 4.78 is 0. The van der Waals surface area contributed by atoms with E-state index in [9.17, 15) is 0 Å². The molecule has 0 spiro atoms. The van der Waals surface area contributed by atoms with Gasteiger partial charge in [0, 0.05) is 24.0 Å². The molecule has 1 aliphatic rings. The molecule has 1 aromatic rings. The maximum absolute atomic E-state index is 5.24. The minimum atomic E-state index is 0.524. The van der Waals surface area contributed by atoms with Gasteiger partial charge in [-0.25, -0.2) is 0 Å². The summed E-state index contributed by atoms with van der Waals surface area (Å²) in [6, 6.07) is 9.30. The van der Waals surface area contributed by atoms with Crippen LogP contribution in [0.1, 0.15) is 36.4 Å². The summed E-state index contributed by atoms with van der Waals surface area (Å²) in [5.41, 5.74) is 2.98. The van der Waals surface area contributed by atoms with E-state index in [2.05, 4.69) is 35.5 Å². The molecule has 90 valence electrons. The second-order valence-electron chi connectivity index (χ2n) is 4.38. The molecule has 0 radical (unpaired) electrons. The molecule has 1 aromatic carbocycles. The number of hydrogen-bond donors (Lipinski definition) is 1. The molecular formula is C15H19NS. The predicted molar refractivity (Wildman–Crippen MR) is 76.0 cm³/mol. The Balaban J connectivity index is 1.84. The van der Waals surface area contributed by atoms with Gasteiger partial charge in [-0.1, -0.05) is 24.3 Å². The lowest BCUT2D eigenvalue weighted by Crippen LogP contribution is -2.27. The van der Waals surface area contributed by atoms with E-state index < -0.39 is 0 Å². The van der Waals surface area contributed by atoms with Gasteiger partial charge in [-0.2, -0.15) is 11.8 Å². The van der Waals surface area contributed by atoms with Crippen LogP contribution < -0.4 is 5.32 Å². The highest BCUT2D eigenvalue weighted by Crippen LogP contribution is 2.31. The first kappa shape index (κ1) is 12.5. The van der Waals surface area contributed by atoms with Gasteiger partial charge in [0.05, 0.1) is 0 Å². The van der Waals surface area contributed by atoms with Crippen LogP contribution in [0.25, 0.3) is 0 Å². The predicted octanol–water partition coefficient (Wildman–Crippen LogP) is 3.37. The van der Waals surface area contributed by atoms with Crippen LogP contribution in [0.3, 0.4) is 0 Å². The van der Waals surface area contributed by atoms with E-state index >= 15 is 0 Å². The van der Waals surface area contributed by atoms with Crippen molar-refractivity contribution in [3.05, 3.63) is 35.4 Å². The molecule has 1 N–H and O–H groups in total. The van der Waals surface area contributed by atoms with Crippen LogP contribution in [-0.2, 0) is 5.75 Å². The molecule has 0 aliphatic carbocycles. The standard InChI is InChI=1S/C15H19NS/c1-2-3-4-7-10-16-15-12-17-11-13-8-5-6-9-14(13)15/h1,5-6,8-9,15-16H,3-4,7,10-12H2.